The molecule has 0 atom stereocenters. The van der Waals surface area contributed by atoms with Gasteiger partial charge in [0, 0.05) is 22.9 Å². The highest BCUT2D eigenvalue weighted by Crippen LogP contribution is 2.42. The zero-order valence-corrected chi connectivity index (χ0v) is 18.8. The molecule has 0 bridgehead atoms. The van der Waals surface area contributed by atoms with E-state index < -0.39 is 0 Å². The van der Waals surface area contributed by atoms with Crippen LogP contribution in [0.4, 0.5) is 4.39 Å². The largest absolute Gasteiger partial charge is 0.454 e. The third-order valence-corrected chi connectivity index (χ3v) is 6.61. The lowest BCUT2D eigenvalue weighted by atomic mass is 9.95. The van der Waals surface area contributed by atoms with E-state index in [1.54, 1.807) is 0 Å². The van der Waals surface area contributed by atoms with Gasteiger partial charge < -0.3 is 4.42 Å². The first-order valence-electron chi connectivity index (χ1n) is 11.1. The fourth-order valence-corrected chi connectivity index (χ4v) is 4.89. The molecule has 0 aliphatic carbocycles. The van der Waals surface area contributed by atoms with Crippen molar-refractivity contribution in [1.29, 1.82) is 0 Å². The molecule has 0 spiro atoms. The number of hydrogen-bond acceptors (Lipinski definition) is 1. The Morgan fingerprint density at radius 2 is 1.45 bits per heavy atom. The van der Waals surface area contributed by atoms with Crippen LogP contribution < -0.4 is 4.57 Å². The van der Waals surface area contributed by atoms with E-state index in [0.717, 1.165) is 49.5 Å². The number of pyridine rings is 1. The summed E-state index contributed by atoms with van der Waals surface area (Å²) in [7, 11) is 2.03. The minimum Gasteiger partial charge on any atom is -0.454 e. The van der Waals surface area contributed by atoms with E-state index >= 15 is 4.39 Å². The van der Waals surface area contributed by atoms with Crippen LogP contribution in [0.25, 0.3) is 55.1 Å². The first-order valence-corrected chi connectivity index (χ1v) is 11.1. The van der Waals surface area contributed by atoms with Crippen LogP contribution >= 0.6 is 0 Å². The van der Waals surface area contributed by atoms with Gasteiger partial charge in [0.1, 0.15) is 24.0 Å². The molecule has 3 heteroatoms. The maximum absolute atomic E-state index is 15.6. The summed E-state index contributed by atoms with van der Waals surface area (Å²) in [6.45, 7) is 3.91. The molecular weight excluding hydrogens is 409 g/mol. The van der Waals surface area contributed by atoms with Crippen LogP contribution in [-0.2, 0) is 7.05 Å². The van der Waals surface area contributed by atoms with Gasteiger partial charge in [-0.3, -0.25) is 0 Å². The van der Waals surface area contributed by atoms with Crippen LogP contribution in [0.15, 0.2) is 89.5 Å². The fourth-order valence-electron chi connectivity index (χ4n) is 4.89. The lowest BCUT2D eigenvalue weighted by Crippen LogP contribution is -2.30. The quantitative estimate of drug-likeness (QED) is 0.257. The second kappa shape index (κ2) is 7.28. The number of halogens is 1. The van der Waals surface area contributed by atoms with Gasteiger partial charge in [0.05, 0.1) is 11.1 Å². The van der Waals surface area contributed by atoms with E-state index in [4.69, 9.17) is 4.42 Å². The number of rotatable bonds is 2. The number of hydrogen-bond donors (Lipinski definition) is 0. The van der Waals surface area contributed by atoms with Crippen molar-refractivity contribution < 1.29 is 13.4 Å². The Bertz CT molecular complexity index is 1710. The molecule has 0 N–H and O–H groups in total. The van der Waals surface area contributed by atoms with Crippen LogP contribution in [0, 0.1) is 19.7 Å². The van der Waals surface area contributed by atoms with Gasteiger partial charge in [-0.05, 0) is 59.5 Å². The number of aryl methyl sites for hydroxylation is 3. The molecule has 2 nitrogen and oxygen atoms in total. The summed E-state index contributed by atoms with van der Waals surface area (Å²) >= 11 is 0. The zero-order valence-electron chi connectivity index (χ0n) is 18.8. The molecule has 0 fully saturated rings. The molecule has 160 valence electrons. The van der Waals surface area contributed by atoms with Gasteiger partial charge in [0.15, 0.2) is 6.20 Å². The molecule has 6 aromatic rings. The van der Waals surface area contributed by atoms with Gasteiger partial charge in [-0.25, -0.2) is 8.96 Å². The third-order valence-electron chi connectivity index (χ3n) is 6.61. The molecule has 0 unspecified atom stereocenters. The zero-order chi connectivity index (χ0) is 22.7. The minimum absolute atomic E-state index is 0.236. The third kappa shape index (κ3) is 2.96. The first-order chi connectivity index (χ1) is 16.0. The molecular formula is C30H23FNO+. The van der Waals surface area contributed by atoms with E-state index in [2.05, 4.69) is 41.8 Å². The summed E-state index contributed by atoms with van der Waals surface area (Å²) in [5, 5.41) is 4.14. The van der Waals surface area contributed by atoms with Crippen molar-refractivity contribution in [2.24, 2.45) is 7.05 Å². The molecule has 2 aromatic heterocycles. The molecule has 0 saturated carbocycles. The van der Waals surface area contributed by atoms with Crippen molar-refractivity contribution in [2.75, 3.05) is 0 Å². The highest BCUT2D eigenvalue weighted by Gasteiger charge is 2.24. The van der Waals surface area contributed by atoms with Gasteiger partial charge in [0.25, 0.3) is 0 Å². The van der Waals surface area contributed by atoms with Crippen LogP contribution in [0.3, 0.4) is 0 Å². The molecule has 33 heavy (non-hydrogen) atoms. The summed E-state index contributed by atoms with van der Waals surface area (Å²) in [4.78, 5) is 0. The molecule has 6 rings (SSSR count). The Labute approximate surface area is 191 Å². The van der Waals surface area contributed by atoms with Crippen LogP contribution in [0.1, 0.15) is 11.1 Å². The Balaban J connectivity index is 1.73. The van der Waals surface area contributed by atoms with Crippen LogP contribution in [0.2, 0.25) is 0 Å². The highest BCUT2D eigenvalue weighted by molar-refractivity contribution is 6.13. The summed E-state index contributed by atoms with van der Waals surface area (Å²) in [6.07, 6.45) is 2.03. The second-order valence-electron chi connectivity index (χ2n) is 8.75. The van der Waals surface area contributed by atoms with E-state index in [1.165, 1.54) is 0 Å². The maximum atomic E-state index is 15.6. The molecule has 0 amide bonds. The molecule has 0 aliphatic rings. The average molecular weight is 433 g/mol. The van der Waals surface area contributed by atoms with Crippen molar-refractivity contribution in [3.63, 3.8) is 0 Å². The summed E-state index contributed by atoms with van der Waals surface area (Å²) in [5.74, 6) is -0.236. The topological polar surface area (TPSA) is 17.0 Å². The Kier molecular flexibility index (Phi) is 4.34. The normalized spacial score (nSPS) is 11.6. The molecule has 2 heterocycles. The van der Waals surface area contributed by atoms with Gasteiger partial charge in [-0.1, -0.05) is 48.5 Å². The smallest absolute Gasteiger partial charge is 0.216 e. The average Bonchev–Trinajstić information content (AvgIpc) is 3.18. The first kappa shape index (κ1) is 19.7. The van der Waals surface area contributed by atoms with Gasteiger partial charge in [0.2, 0.25) is 5.69 Å². The van der Waals surface area contributed by atoms with Crippen molar-refractivity contribution in [3.05, 3.63) is 102 Å². The monoisotopic (exact) mass is 432 g/mol. The number of nitrogens with zero attached hydrogens (tertiary/aromatic N) is 1. The Morgan fingerprint density at radius 1 is 0.697 bits per heavy atom. The Hall–Kier alpha value is -3.98. The summed E-state index contributed by atoms with van der Waals surface area (Å²) in [5.41, 5.74) is 6.55. The van der Waals surface area contributed by atoms with Crippen molar-refractivity contribution in [1.82, 2.24) is 0 Å². The fraction of sp³-hybridized carbons (Fsp3) is 0.100. The lowest BCUT2D eigenvalue weighted by molar-refractivity contribution is -0.660. The molecule has 0 saturated heterocycles. The maximum Gasteiger partial charge on any atom is 0.216 e. The SMILES string of the molecule is Cc1cc2c(oc3c(-c4cccc[n+]4C)c(C)ccc32)c(-c2ccc3ccccc3c2)c1F. The molecule has 0 radical (unpaired) electrons. The van der Waals surface area contributed by atoms with Gasteiger partial charge in [-0.2, -0.15) is 0 Å². The number of benzene rings is 4. The number of furan rings is 1. The van der Waals surface area contributed by atoms with Crippen molar-refractivity contribution >= 4 is 32.7 Å². The van der Waals surface area contributed by atoms with Crippen molar-refractivity contribution in [2.45, 2.75) is 13.8 Å². The Morgan fingerprint density at radius 3 is 2.27 bits per heavy atom. The highest BCUT2D eigenvalue weighted by atomic mass is 19.1. The number of aromatic nitrogens is 1. The second-order valence-corrected chi connectivity index (χ2v) is 8.75. The summed E-state index contributed by atoms with van der Waals surface area (Å²) < 4.78 is 24.3. The van der Waals surface area contributed by atoms with Gasteiger partial charge >= 0.3 is 0 Å². The van der Waals surface area contributed by atoms with Crippen LogP contribution in [-0.4, -0.2) is 0 Å². The standard InChI is InChI=1S/C30H23FNO/c1-18-11-14-23-24-16-19(2)28(31)27(22-13-12-20-8-4-5-9-21(20)17-22)30(24)33-29(23)26(18)25-10-6-7-15-32(25)3/h4-17H,1-3H3/q+1. The predicted molar refractivity (Wildman–Crippen MR) is 133 cm³/mol. The van der Waals surface area contributed by atoms with Crippen molar-refractivity contribution in [3.8, 4) is 22.4 Å². The predicted octanol–water partition coefficient (Wildman–Crippen LogP) is 7.65. The van der Waals surface area contributed by atoms with E-state index in [-0.39, 0.29) is 5.82 Å². The lowest BCUT2D eigenvalue weighted by Gasteiger charge is -2.09. The molecule has 4 aromatic carbocycles. The van der Waals surface area contributed by atoms with E-state index in [9.17, 15) is 0 Å². The van der Waals surface area contributed by atoms with E-state index in [0.29, 0.717) is 16.7 Å². The van der Waals surface area contributed by atoms with Crippen LogP contribution in [0.5, 0.6) is 0 Å². The van der Waals surface area contributed by atoms with Gasteiger partial charge in [-0.15, -0.1) is 0 Å². The number of fused-ring (bicyclic) bond motifs is 4. The molecule has 0 aliphatic heterocycles. The van der Waals surface area contributed by atoms with E-state index in [1.807, 2.05) is 68.7 Å². The minimum atomic E-state index is -0.236. The summed E-state index contributed by atoms with van der Waals surface area (Å²) in [6, 6.07) is 26.4.